The summed E-state index contributed by atoms with van der Waals surface area (Å²) in [4.78, 5) is 0. The van der Waals surface area contributed by atoms with E-state index in [-0.39, 0.29) is 0 Å². The van der Waals surface area contributed by atoms with E-state index in [0.29, 0.717) is 5.17 Å². The van der Waals surface area contributed by atoms with Crippen molar-refractivity contribution in [3.05, 3.63) is 12.3 Å². The third-order valence-electron chi connectivity index (χ3n) is 1.05. The van der Waals surface area contributed by atoms with Crippen LogP contribution in [0.1, 0.15) is 0 Å². The van der Waals surface area contributed by atoms with Crippen molar-refractivity contribution >= 4 is 16.9 Å². The van der Waals surface area contributed by atoms with E-state index in [1.54, 1.807) is 5.01 Å². The quantitative estimate of drug-likeness (QED) is 0.385. The molecule has 0 saturated heterocycles. The molecule has 0 spiro atoms. The van der Waals surface area contributed by atoms with Gasteiger partial charge >= 0.3 is 0 Å². The first-order valence-electron chi connectivity index (χ1n) is 2.66. The number of nitrogens with one attached hydrogen (secondary N) is 2. The standard InChI is InChI=1S/C5H9N3S/c1-9-5(6)8-4-2-3-7-8/h2,4,6-7H,3H2,1H3. The molecule has 1 heterocycles. The maximum atomic E-state index is 7.31. The summed E-state index contributed by atoms with van der Waals surface area (Å²) in [5.74, 6) is 0. The van der Waals surface area contributed by atoms with E-state index in [9.17, 15) is 0 Å². The van der Waals surface area contributed by atoms with Gasteiger partial charge in [0.2, 0.25) is 0 Å². The lowest BCUT2D eigenvalue weighted by Gasteiger charge is -2.13. The third-order valence-corrected chi connectivity index (χ3v) is 1.63. The summed E-state index contributed by atoms with van der Waals surface area (Å²) in [6.45, 7) is 0.836. The molecular weight excluding hydrogens is 134 g/mol. The Hall–Kier alpha value is -0.480. The van der Waals surface area contributed by atoms with Crippen LogP contribution in [0.2, 0.25) is 0 Å². The van der Waals surface area contributed by atoms with Crippen LogP contribution in [0.5, 0.6) is 0 Å². The van der Waals surface area contributed by atoms with Crippen LogP contribution in [0.25, 0.3) is 0 Å². The van der Waals surface area contributed by atoms with Crippen molar-refractivity contribution in [3.8, 4) is 0 Å². The molecule has 0 unspecified atom stereocenters. The first-order chi connectivity index (χ1) is 4.34. The van der Waals surface area contributed by atoms with Crippen LogP contribution >= 0.6 is 11.8 Å². The summed E-state index contributed by atoms with van der Waals surface area (Å²) < 4.78 is 0. The number of thioether (sulfide) groups is 1. The Balaban J connectivity index is 2.43. The topological polar surface area (TPSA) is 39.1 Å². The summed E-state index contributed by atoms with van der Waals surface area (Å²) in [5.41, 5.74) is 2.98. The van der Waals surface area contributed by atoms with Crippen molar-refractivity contribution in [3.63, 3.8) is 0 Å². The second-order valence-corrected chi connectivity index (χ2v) is 2.42. The van der Waals surface area contributed by atoms with Crippen LogP contribution in [0.3, 0.4) is 0 Å². The minimum atomic E-state index is 0.531. The fourth-order valence-corrected chi connectivity index (χ4v) is 0.922. The zero-order valence-electron chi connectivity index (χ0n) is 5.22. The SMILES string of the molecule is CSC(=N)N1C=CCN1. The average Bonchev–Trinajstić information content (AvgIpc) is 2.37. The van der Waals surface area contributed by atoms with Crippen molar-refractivity contribution in [2.45, 2.75) is 0 Å². The first-order valence-corrected chi connectivity index (χ1v) is 3.89. The van der Waals surface area contributed by atoms with Gasteiger partial charge in [-0.3, -0.25) is 10.4 Å². The molecule has 0 saturated carbocycles. The third kappa shape index (κ3) is 1.46. The zero-order valence-corrected chi connectivity index (χ0v) is 6.03. The lowest BCUT2D eigenvalue weighted by Crippen LogP contribution is -2.32. The van der Waals surface area contributed by atoms with E-state index < -0.39 is 0 Å². The summed E-state index contributed by atoms with van der Waals surface area (Å²) in [6.07, 6.45) is 5.72. The number of rotatable bonds is 0. The van der Waals surface area contributed by atoms with Gasteiger partial charge in [-0.25, -0.2) is 5.43 Å². The van der Waals surface area contributed by atoms with Crippen molar-refractivity contribution < 1.29 is 0 Å². The summed E-state index contributed by atoms with van der Waals surface area (Å²) in [6, 6.07) is 0. The number of nitrogens with zero attached hydrogens (tertiary/aromatic N) is 1. The minimum absolute atomic E-state index is 0.531. The number of hydrogen-bond donors (Lipinski definition) is 2. The van der Waals surface area contributed by atoms with E-state index in [0.717, 1.165) is 6.54 Å². The van der Waals surface area contributed by atoms with Crippen molar-refractivity contribution in [1.82, 2.24) is 10.4 Å². The minimum Gasteiger partial charge on any atom is -0.277 e. The van der Waals surface area contributed by atoms with Gasteiger partial charge in [-0.1, -0.05) is 17.8 Å². The highest BCUT2D eigenvalue weighted by Gasteiger charge is 2.06. The highest BCUT2D eigenvalue weighted by Crippen LogP contribution is 2.02. The molecule has 50 valence electrons. The summed E-state index contributed by atoms with van der Waals surface area (Å²) >= 11 is 1.42. The molecule has 3 nitrogen and oxygen atoms in total. The Morgan fingerprint density at radius 1 is 1.89 bits per heavy atom. The number of amidine groups is 1. The molecule has 0 aliphatic carbocycles. The second-order valence-electron chi connectivity index (χ2n) is 1.63. The molecule has 1 aliphatic rings. The molecule has 0 atom stereocenters. The van der Waals surface area contributed by atoms with Crippen molar-refractivity contribution in [2.75, 3.05) is 12.8 Å². The molecule has 0 radical (unpaired) electrons. The molecule has 0 amide bonds. The van der Waals surface area contributed by atoms with Crippen LogP contribution in [0, 0.1) is 5.41 Å². The highest BCUT2D eigenvalue weighted by molar-refractivity contribution is 8.13. The lowest BCUT2D eigenvalue weighted by molar-refractivity contribution is 0.468. The van der Waals surface area contributed by atoms with Crippen LogP contribution < -0.4 is 5.43 Å². The maximum Gasteiger partial charge on any atom is 0.174 e. The molecular formula is C5H9N3S. The Labute approximate surface area is 58.6 Å². The van der Waals surface area contributed by atoms with Crippen LogP contribution in [0.4, 0.5) is 0 Å². The molecule has 9 heavy (non-hydrogen) atoms. The predicted molar refractivity (Wildman–Crippen MR) is 40.2 cm³/mol. The van der Waals surface area contributed by atoms with Crippen LogP contribution in [-0.2, 0) is 0 Å². The fraction of sp³-hybridized carbons (Fsp3) is 0.400. The molecule has 0 aromatic heterocycles. The predicted octanol–water partition coefficient (Wildman–Crippen LogP) is 0.618. The molecule has 0 aromatic carbocycles. The molecule has 1 aliphatic heterocycles. The van der Waals surface area contributed by atoms with Gasteiger partial charge in [0.1, 0.15) is 0 Å². The normalized spacial score (nSPS) is 16.8. The van der Waals surface area contributed by atoms with E-state index in [1.165, 1.54) is 11.8 Å². The van der Waals surface area contributed by atoms with Gasteiger partial charge in [0.15, 0.2) is 5.17 Å². The van der Waals surface area contributed by atoms with Crippen molar-refractivity contribution in [2.24, 2.45) is 0 Å². The van der Waals surface area contributed by atoms with Gasteiger partial charge in [-0.15, -0.1) is 0 Å². The first kappa shape index (κ1) is 6.64. The smallest absolute Gasteiger partial charge is 0.174 e. The number of hydrazine groups is 1. The molecule has 0 aromatic rings. The monoisotopic (exact) mass is 143 g/mol. The molecule has 1 rings (SSSR count). The highest BCUT2D eigenvalue weighted by atomic mass is 32.2. The van der Waals surface area contributed by atoms with Crippen LogP contribution in [0.15, 0.2) is 12.3 Å². The maximum absolute atomic E-state index is 7.31. The van der Waals surface area contributed by atoms with E-state index in [4.69, 9.17) is 5.41 Å². The molecule has 0 bridgehead atoms. The molecule has 0 fully saturated rings. The summed E-state index contributed by atoms with van der Waals surface area (Å²) in [7, 11) is 0. The Morgan fingerprint density at radius 3 is 3.11 bits per heavy atom. The van der Waals surface area contributed by atoms with E-state index in [2.05, 4.69) is 5.43 Å². The van der Waals surface area contributed by atoms with Gasteiger partial charge in [-0.05, 0) is 6.26 Å². The van der Waals surface area contributed by atoms with Gasteiger partial charge in [0, 0.05) is 12.7 Å². The second kappa shape index (κ2) is 2.89. The van der Waals surface area contributed by atoms with E-state index in [1.807, 2.05) is 18.5 Å². The molecule has 4 heteroatoms. The molecule has 2 N–H and O–H groups in total. The average molecular weight is 143 g/mol. The van der Waals surface area contributed by atoms with Gasteiger partial charge in [-0.2, -0.15) is 0 Å². The zero-order chi connectivity index (χ0) is 6.69. The number of hydrogen-bond acceptors (Lipinski definition) is 3. The van der Waals surface area contributed by atoms with E-state index >= 15 is 0 Å². The fourth-order valence-electron chi connectivity index (χ4n) is 0.600. The Bertz CT molecular complexity index is 143. The summed E-state index contributed by atoms with van der Waals surface area (Å²) in [5, 5.41) is 9.54. The lowest BCUT2D eigenvalue weighted by atomic mass is 10.7. The van der Waals surface area contributed by atoms with Crippen LogP contribution in [-0.4, -0.2) is 23.0 Å². The Morgan fingerprint density at radius 2 is 2.67 bits per heavy atom. The van der Waals surface area contributed by atoms with Crippen molar-refractivity contribution in [1.29, 1.82) is 5.41 Å². The van der Waals surface area contributed by atoms with Gasteiger partial charge in [0.05, 0.1) is 0 Å². The van der Waals surface area contributed by atoms with Gasteiger partial charge < -0.3 is 0 Å². The largest absolute Gasteiger partial charge is 0.277 e. The Kier molecular flexibility index (Phi) is 2.13. The van der Waals surface area contributed by atoms with Gasteiger partial charge in [0.25, 0.3) is 0 Å².